The van der Waals surface area contributed by atoms with Crippen molar-refractivity contribution < 1.29 is 8.42 Å². The SMILES string of the molecule is Cc1n[nH]c(C)c1S(=O)(=O)N1C[C@@H](CN)[C@H](c2ccccc2)C1.Cl. The number of nitrogens with one attached hydrogen (secondary N) is 1. The predicted octanol–water partition coefficient (Wildman–Crippen LogP) is 1.81. The molecule has 2 aromatic rings. The molecule has 1 fully saturated rings. The fraction of sp³-hybridized carbons (Fsp3) is 0.438. The number of nitrogens with zero attached hydrogens (tertiary/aromatic N) is 2. The maximum absolute atomic E-state index is 13.0. The van der Waals surface area contributed by atoms with Crippen LogP contribution in [-0.4, -0.2) is 42.6 Å². The monoisotopic (exact) mass is 370 g/mol. The molecular formula is C16H23ClN4O2S. The number of aromatic amines is 1. The van der Waals surface area contributed by atoms with Crippen molar-refractivity contribution >= 4 is 22.4 Å². The smallest absolute Gasteiger partial charge is 0.246 e. The van der Waals surface area contributed by atoms with E-state index in [1.54, 1.807) is 18.2 Å². The van der Waals surface area contributed by atoms with E-state index in [0.29, 0.717) is 35.9 Å². The Morgan fingerprint density at radius 1 is 1.25 bits per heavy atom. The highest BCUT2D eigenvalue weighted by atomic mass is 35.5. The van der Waals surface area contributed by atoms with Gasteiger partial charge in [-0.3, -0.25) is 5.10 Å². The summed E-state index contributed by atoms with van der Waals surface area (Å²) in [4.78, 5) is 0.294. The number of benzene rings is 1. The van der Waals surface area contributed by atoms with Gasteiger partial charge in [-0.1, -0.05) is 30.3 Å². The Bertz CT molecular complexity index is 772. The van der Waals surface area contributed by atoms with Gasteiger partial charge in [-0.05, 0) is 31.9 Å². The Labute approximate surface area is 148 Å². The highest BCUT2D eigenvalue weighted by molar-refractivity contribution is 7.89. The molecule has 0 spiro atoms. The van der Waals surface area contributed by atoms with E-state index in [-0.39, 0.29) is 24.2 Å². The third-order valence-corrected chi connectivity index (χ3v) is 6.69. The van der Waals surface area contributed by atoms with E-state index in [0.717, 1.165) is 5.56 Å². The summed E-state index contributed by atoms with van der Waals surface area (Å²) in [6.45, 7) is 4.81. The summed E-state index contributed by atoms with van der Waals surface area (Å²) in [5, 5.41) is 6.77. The van der Waals surface area contributed by atoms with Crippen molar-refractivity contribution in [3.63, 3.8) is 0 Å². The van der Waals surface area contributed by atoms with E-state index < -0.39 is 10.0 Å². The van der Waals surface area contributed by atoms with Gasteiger partial charge in [-0.2, -0.15) is 9.40 Å². The number of aryl methyl sites for hydroxylation is 2. The molecule has 0 unspecified atom stereocenters. The van der Waals surface area contributed by atoms with Gasteiger partial charge in [0.05, 0.1) is 11.4 Å². The van der Waals surface area contributed by atoms with Crippen molar-refractivity contribution in [1.82, 2.24) is 14.5 Å². The normalized spacial score (nSPS) is 21.6. The molecule has 6 nitrogen and oxygen atoms in total. The maximum atomic E-state index is 13.0. The summed E-state index contributed by atoms with van der Waals surface area (Å²) in [7, 11) is -3.56. The third-order valence-electron chi connectivity index (χ3n) is 4.60. The van der Waals surface area contributed by atoms with Crippen molar-refractivity contribution in [2.75, 3.05) is 19.6 Å². The zero-order valence-corrected chi connectivity index (χ0v) is 15.4. The van der Waals surface area contributed by atoms with Crippen molar-refractivity contribution in [3.8, 4) is 0 Å². The summed E-state index contributed by atoms with van der Waals surface area (Å²) in [5.74, 6) is 0.253. The van der Waals surface area contributed by atoms with Crippen LogP contribution in [0.5, 0.6) is 0 Å². The minimum atomic E-state index is -3.56. The van der Waals surface area contributed by atoms with Gasteiger partial charge in [0.25, 0.3) is 0 Å². The van der Waals surface area contributed by atoms with E-state index in [1.165, 1.54) is 0 Å². The average molecular weight is 371 g/mol. The van der Waals surface area contributed by atoms with Crippen LogP contribution in [0, 0.1) is 19.8 Å². The van der Waals surface area contributed by atoms with Crippen LogP contribution in [0.1, 0.15) is 22.9 Å². The summed E-state index contributed by atoms with van der Waals surface area (Å²) < 4.78 is 27.6. The first-order valence-corrected chi connectivity index (χ1v) is 9.16. The molecule has 0 saturated carbocycles. The number of halogens is 1. The Morgan fingerprint density at radius 2 is 1.92 bits per heavy atom. The van der Waals surface area contributed by atoms with Crippen molar-refractivity contribution in [1.29, 1.82) is 0 Å². The molecule has 0 aliphatic carbocycles. The summed E-state index contributed by atoms with van der Waals surface area (Å²) in [6.07, 6.45) is 0. The van der Waals surface area contributed by atoms with Gasteiger partial charge in [-0.15, -0.1) is 12.4 Å². The van der Waals surface area contributed by atoms with Gasteiger partial charge < -0.3 is 5.73 Å². The van der Waals surface area contributed by atoms with E-state index in [2.05, 4.69) is 10.2 Å². The molecule has 3 N–H and O–H groups in total. The Hall–Kier alpha value is -1.41. The number of nitrogens with two attached hydrogens (primary N) is 1. The lowest BCUT2D eigenvalue weighted by molar-refractivity contribution is 0.458. The summed E-state index contributed by atoms with van der Waals surface area (Å²) in [5.41, 5.74) is 8.13. The minimum Gasteiger partial charge on any atom is -0.330 e. The average Bonchev–Trinajstić information content (AvgIpc) is 3.12. The van der Waals surface area contributed by atoms with E-state index in [4.69, 9.17) is 5.73 Å². The van der Waals surface area contributed by atoms with Crippen LogP contribution in [0.4, 0.5) is 0 Å². The zero-order valence-electron chi connectivity index (χ0n) is 13.8. The van der Waals surface area contributed by atoms with Crippen molar-refractivity contribution in [2.45, 2.75) is 24.7 Å². The standard InChI is InChI=1S/C16H22N4O2S.ClH/c1-11-16(12(2)19-18-11)23(21,22)20-9-14(8-17)15(10-20)13-6-4-3-5-7-13;/h3-7,14-15H,8-10,17H2,1-2H3,(H,18,19);1H/t14-,15+;/m1./s1. The Morgan fingerprint density at radius 3 is 2.46 bits per heavy atom. The lowest BCUT2D eigenvalue weighted by atomic mass is 9.89. The second-order valence-electron chi connectivity index (χ2n) is 6.10. The van der Waals surface area contributed by atoms with E-state index >= 15 is 0 Å². The number of hydrogen-bond acceptors (Lipinski definition) is 4. The number of hydrogen-bond donors (Lipinski definition) is 2. The topological polar surface area (TPSA) is 92.1 Å². The molecule has 1 saturated heterocycles. The van der Waals surface area contributed by atoms with Crippen LogP contribution in [0.15, 0.2) is 35.2 Å². The molecule has 1 aromatic heterocycles. The van der Waals surface area contributed by atoms with Gasteiger partial charge >= 0.3 is 0 Å². The lowest BCUT2D eigenvalue weighted by Crippen LogP contribution is -2.30. The summed E-state index contributed by atoms with van der Waals surface area (Å²) in [6, 6.07) is 9.99. The highest BCUT2D eigenvalue weighted by Gasteiger charge is 2.40. The molecule has 132 valence electrons. The lowest BCUT2D eigenvalue weighted by Gasteiger charge is -2.17. The molecule has 2 heterocycles. The highest BCUT2D eigenvalue weighted by Crippen LogP contribution is 2.35. The molecule has 24 heavy (non-hydrogen) atoms. The number of H-pyrrole nitrogens is 1. The van der Waals surface area contributed by atoms with Crippen molar-refractivity contribution in [2.24, 2.45) is 11.7 Å². The molecule has 1 aromatic carbocycles. The van der Waals surface area contributed by atoms with Gasteiger partial charge in [0, 0.05) is 19.0 Å². The second kappa shape index (κ2) is 7.23. The quantitative estimate of drug-likeness (QED) is 0.858. The number of aromatic nitrogens is 2. The number of sulfonamides is 1. The second-order valence-corrected chi connectivity index (χ2v) is 7.97. The van der Waals surface area contributed by atoms with E-state index in [1.807, 2.05) is 30.3 Å². The minimum absolute atomic E-state index is 0. The molecule has 0 radical (unpaired) electrons. The van der Waals surface area contributed by atoms with Crippen LogP contribution in [0.25, 0.3) is 0 Å². The molecule has 1 aliphatic heterocycles. The first-order valence-electron chi connectivity index (χ1n) is 7.72. The largest absolute Gasteiger partial charge is 0.330 e. The van der Waals surface area contributed by atoms with Crippen LogP contribution >= 0.6 is 12.4 Å². The van der Waals surface area contributed by atoms with Crippen LogP contribution in [0.2, 0.25) is 0 Å². The molecule has 8 heteroatoms. The Balaban J connectivity index is 0.00000208. The van der Waals surface area contributed by atoms with Gasteiger partial charge in [0.2, 0.25) is 10.0 Å². The first kappa shape index (κ1) is 18.9. The molecular weight excluding hydrogens is 348 g/mol. The van der Waals surface area contributed by atoms with Crippen molar-refractivity contribution in [3.05, 3.63) is 47.3 Å². The fourth-order valence-corrected chi connectivity index (χ4v) is 5.25. The summed E-state index contributed by atoms with van der Waals surface area (Å²) >= 11 is 0. The Kier molecular flexibility index (Phi) is 5.70. The maximum Gasteiger partial charge on any atom is 0.246 e. The van der Waals surface area contributed by atoms with Crippen LogP contribution in [0.3, 0.4) is 0 Å². The predicted molar refractivity (Wildman–Crippen MR) is 95.8 cm³/mol. The zero-order chi connectivity index (χ0) is 16.6. The molecule has 3 rings (SSSR count). The van der Waals surface area contributed by atoms with Gasteiger partial charge in [0.1, 0.15) is 4.90 Å². The molecule has 0 amide bonds. The number of rotatable bonds is 4. The fourth-order valence-electron chi connectivity index (χ4n) is 3.39. The molecule has 0 bridgehead atoms. The first-order chi connectivity index (χ1) is 10.9. The third kappa shape index (κ3) is 3.21. The molecule has 2 atom stereocenters. The molecule has 1 aliphatic rings. The van der Waals surface area contributed by atoms with Gasteiger partial charge in [0.15, 0.2) is 0 Å². The van der Waals surface area contributed by atoms with Gasteiger partial charge in [-0.25, -0.2) is 8.42 Å². The van der Waals surface area contributed by atoms with Crippen LogP contribution in [-0.2, 0) is 10.0 Å². The van der Waals surface area contributed by atoms with E-state index in [9.17, 15) is 8.42 Å². The van der Waals surface area contributed by atoms with Crippen LogP contribution < -0.4 is 5.73 Å².